The van der Waals surface area contributed by atoms with Crippen LogP contribution in [-0.4, -0.2) is 103 Å². The van der Waals surface area contributed by atoms with E-state index in [1.165, 1.54) is 0 Å². The fraction of sp³-hybridized carbons (Fsp3) is 0.483. The third kappa shape index (κ3) is 7.35. The van der Waals surface area contributed by atoms with Crippen LogP contribution in [0.2, 0.25) is 0 Å². The summed E-state index contributed by atoms with van der Waals surface area (Å²) in [5, 5.41) is 12.8. The number of nitrogens with one attached hydrogen (secondary N) is 1. The number of urea groups is 1. The number of nitrogens with zero attached hydrogens (tertiary/aromatic N) is 4. The molecule has 11 heteroatoms. The van der Waals surface area contributed by atoms with Gasteiger partial charge >= 0.3 is 18.1 Å². The van der Waals surface area contributed by atoms with Crippen LogP contribution in [-0.2, 0) is 9.53 Å². The zero-order valence-corrected chi connectivity index (χ0v) is 23.6. The van der Waals surface area contributed by atoms with Crippen molar-refractivity contribution in [2.45, 2.75) is 32.4 Å². The highest BCUT2D eigenvalue weighted by molar-refractivity contribution is 5.89. The minimum atomic E-state index is -0.922. The highest BCUT2D eigenvalue weighted by Gasteiger charge is 2.32. The second-order valence-corrected chi connectivity index (χ2v) is 11.0. The van der Waals surface area contributed by atoms with Crippen LogP contribution >= 0.6 is 0 Å². The normalized spacial score (nSPS) is 17.2. The molecule has 216 valence electrons. The first kappa shape index (κ1) is 29.0. The van der Waals surface area contributed by atoms with Crippen molar-refractivity contribution in [1.29, 1.82) is 0 Å². The molecular weight excluding hydrogens is 514 g/mol. The topological polar surface area (TPSA) is 115 Å². The highest BCUT2D eigenvalue weighted by atomic mass is 16.6. The van der Waals surface area contributed by atoms with Crippen molar-refractivity contribution in [3.8, 4) is 5.75 Å². The maximum absolute atomic E-state index is 12.9. The molecule has 3 amide bonds. The van der Waals surface area contributed by atoms with Gasteiger partial charge in [-0.2, -0.15) is 0 Å². The summed E-state index contributed by atoms with van der Waals surface area (Å²) in [6.07, 6.45) is -0.287. The molecule has 2 aliphatic heterocycles. The number of anilines is 2. The van der Waals surface area contributed by atoms with Gasteiger partial charge in [-0.1, -0.05) is 12.1 Å². The lowest BCUT2D eigenvalue weighted by atomic mass is 10.0. The zero-order chi connectivity index (χ0) is 28.9. The number of benzene rings is 2. The fourth-order valence-corrected chi connectivity index (χ4v) is 4.91. The van der Waals surface area contributed by atoms with Crippen LogP contribution in [0.5, 0.6) is 5.75 Å². The summed E-state index contributed by atoms with van der Waals surface area (Å²) in [4.78, 5) is 44.8. The van der Waals surface area contributed by atoms with E-state index in [9.17, 15) is 19.5 Å². The van der Waals surface area contributed by atoms with Crippen molar-refractivity contribution in [1.82, 2.24) is 14.7 Å². The van der Waals surface area contributed by atoms with Crippen molar-refractivity contribution in [2.24, 2.45) is 0 Å². The number of hydrogen-bond donors (Lipinski definition) is 2. The van der Waals surface area contributed by atoms with Gasteiger partial charge < -0.3 is 34.6 Å². The van der Waals surface area contributed by atoms with E-state index in [-0.39, 0.29) is 12.1 Å². The smallest absolute Gasteiger partial charge is 0.410 e. The van der Waals surface area contributed by atoms with E-state index in [2.05, 4.69) is 10.2 Å². The van der Waals surface area contributed by atoms with Crippen LogP contribution in [0.3, 0.4) is 0 Å². The van der Waals surface area contributed by atoms with Crippen molar-refractivity contribution in [3.63, 3.8) is 0 Å². The Kier molecular flexibility index (Phi) is 9.03. The molecule has 2 aliphatic rings. The highest BCUT2D eigenvalue weighted by Crippen LogP contribution is 2.25. The molecule has 0 spiro atoms. The molecule has 0 radical (unpaired) electrons. The Morgan fingerprint density at radius 3 is 1.93 bits per heavy atom. The van der Waals surface area contributed by atoms with Gasteiger partial charge in [0.15, 0.2) is 0 Å². The summed E-state index contributed by atoms with van der Waals surface area (Å²) in [6, 6.07) is 13.7. The summed E-state index contributed by atoms with van der Waals surface area (Å²) in [5.41, 5.74) is 1.87. The van der Waals surface area contributed by atoms with Crippen molar-refractivity contribution in [2.75, 3.05) is 69.7 Å². The number of carbonyl (C=O) groups excluding carboxylic acids is 2. The van der Waals surface area contributed by atoms with Crippen molar-refractivity contribution in [3.05, 3.63) is 54.1 Å². The molecule has 1 unspecified atom stereocenters. The first-order chi connectivity index (χ1) is 19.0. The number of amides is 3. The summed E-state index contributed by atoms with van der Waals surface area (Å²) in [6.45, 7) is 9.89. The summed E-state index contributed by atoms with van der Waals surface area (Å²) < 4.78 is 10.6. The summed E-state index contributed by atoms with van der Waals surface area (Å²) >= 11 is 0. The van der Waals surface area contributed by atoms with Crippen LogP contribution < -0.4 is 15.0 Å². The monoisotopic (exact) mass is 553 g/mol. The lowest BCUT2D eigenvalue weighted by Gasteiger charge is -2.38. The molecule has 2 aromatic carbocycles. The second kappa shape index (κ2) is 12.5. The SMILES string of the molecule is COc1ccc(C(C(=O)O)N2CCN(C(=O)Nc3ccc(N4CCN(C(=O)OC(C)(C)C)CC4)cc3)CC2)cc1. The molecule has 0 bridgehead atoms. The van der Waals surface area contributed by atoms with Gasteiger partial charge in [0.1, 0.15) is 17.4 Å². The van der Waals surface area contributed by atoms with E-state index in [0.29, 0.717) is 69.4 Å². The Bertz CT molecular complexity index is 1160. The van der Waals surface area contributed by atoms with E-state index in [1.807, 2.05) is 49.9 Å². The van der Waals surface area contributed by atoms with Gasteiger partial charge in [0.2, 0.25) is 0 Å². The number of carboxylic acid groups (broad SMARTS) is 1. The van der Waals surface area contributed by atoms with Gasteiger partial charge in [-0.15, -0.1) is 0 Å². The number of hydrogen-bond acceptors (Lipinski definition) is 7. The second-order valence-electron chi connectivity index (χ2n) is 11.0. The molecule has 4 rings (SSSR count). The number of rotatable bonds is 6. The Labute approximate surface area is 235 Å². The predicted octanol–water partition coefficient (Wildman–Crippen LogP) is 3.73. The lowest BCUT2D eigenvalue weighted by Crippen LogP contribution is -2.52. The van der Waals surface area contributed by atoms with Crippen LogP contribution in [0.25, 0.3) is 0 Å². The Hall–Kier alpha value is -3.99. The van der Waals surface area contributed by atoms with E-state index in [4.69, 9.17) is 9.47 Å². The van der Waals surface area contributed by atoms with Gasteiger partial charge in [0, 0.05) is 63.7 Å². The van der Waals surface area contributed by atoms with E-state index >= 15 is 0 Å². The van der Waals surface area contributed by atoms with E-state index < -0.39 is 17.6 Å². The molecule has 2 N–H and O–H groups in total. The van der Waals surface area contributed by atoms with E-state index in [1.54, 1.807) is 41.2 Å². The summed E-state index contributed by atoms with van der Waals surface area (Å²) in [7, 11) is 1.57. The molecule has 2 heterocycles. The first-order valence-corrected chi connectivity index (χ1v) is 13.5. The van der Waals surface area contributed by atoms with Gasteiger partial charge in [0.25, 0.3) is 0 Å². The number of carboxylic acids is 1. The molecule has 0 aromatic heterocycles. The minimum absolute atomic E-state index is 0.213. The maximum Gasteiger partial charge on any atom is 0.410 e. The summed E-state index contributed by atoms with van der Waals surface area (Å²) in [5.74, 6) is -0.252. The quantitative estimate of drug-likeness (QED) is 0.556. The molecule has 1 atom stereocenters. The van der Waals surface area contributed by atoms with Crippen LogP contribution in [0, 0.1) is 0 Å². The standard InChI is InChI=1S/C29H39N5O6/c1-29(2,3)40-28(38)34-19-13-31(14-20-34)23-9-7-22(8-10-23)30-27(37)33-17-15-32(16-18-33)25(26(35)36)21-5-11-24(39-4)12-6-21/h5-12,25H,13-20H2,1-4H3,(H,30,37)(H,35,36). The molecule has 2 fully saturated rings. The number of methoxy groups -OCH3 is 1. The van der Waals surface area contributed by atoms with Crippen LogP contribution in [0.1, 0.15) is 32.4 Å². The van der Waals surface area contributed by atoms with Crippen LogP contribution in [0.15, 0.2) is 48.5 Å². The average Bonchev–Trinajstić information content (AvgIpc) is 2.93. The molecule has 11 nitrogen and oxygen atoms in total. The zero-order valence-electron chi connectivity index (χ0n) is 23.6. The van der Waals surface area contributed by atoms with Crippen molar-refractivity contribution >= 4 is 29.5 Å². The fourth-order valence-electron chi connectivity index (χ4n) is 4.91. The molecule has 40 heavy (non-hydrogen) atoms. The largest absolute Gasteiger partial charge is 0.497 e. The lowest BCUT2D eigenvalue weighted by molar-refractivity contribution is -0.144. The number of aliphatic carboxylic acids is 1. The number of carbonyl (C=O) groups is 3. The molecule has 2 aromatic rings. The molecule has 0 aliphatic carbocycles. The minimum Gasteiger partial charge on any atom is -0.497 e. The molecule has 2 saturated heterocycles. The molecule has 0 saturated carbocycles. The van der Waals surface area contributed by atoms with Gasteiger partial charge in [-0.3, -0.25) is 9.69 Å². The van der Waals surface area contributed by atoms with Gasteiger partial charge in [-0.25, -0.2) is 9.59 Å². The third-order valence-electron chi connectivity index (χ3n) is 7.05. The van der Waals surface area contributed by atoms with Crippen LogP contribution in [0.4, 0.5) is 21.0 Å². The first-order valence-electron chi connectivity index (χ1n) is 13.5. The number of ether oxygens (including phenoxy) is 2. The Morgan fingerprint density at radius 2 is 1.40 bits per heavy atom. The van der Waals surface area contributed by atoms with Crippen molar-refractivity contribution < 1.29 is 29.0 Å². The Balaban J connectivity index is 1.26. The Morgan fingerprint density at radius 1 is 0.825 bits per heavy atom. The average molecular weight is 554 g/mol. The molecular formula is C29H39N5O6. The van der Waals surface area contributed by atoms with Gasteiger partial charge in [0.05, 0.1) is 7.11 Å². The van der Waals surface area contributed by atoms with Gasteiger partial charge in [-0.05, 0) is 62.7 Å². The predicted molar refractivity (Wildman–Crippen MR) is 152 cm³/mol. The van der Waals surface area contributed by atoms with E-state index in [0.717, 1.165) is 5.69 Å². The number of piperazine rings is 2. The third-order valence-corrected chi connectivity index (χ3v) is 7.05. The maximum atomic E-state index is 12.9.